The van der Waals surface area contributed by atoms with Crippen molar-refractivity contribution in [1.29, 1.82) is 0 Å². The van der Waals surface area contributed by atoms with Gasteiger partial charge in [0.25, 0.3) is 0 Å². The highest BCUT2D eigenvalue weighted by Crippen LogP contribution is 2.40. The van der Waals surface area contributed by atoms with Crippen molar-refractivity contribution in [2.45, 2.75) is 53.4 Å². The SMILES string of the molecule is Cc1c(-c2cc3c(-c4cc(C(C)(C)C)c5ccccc5c4)nccc3o2)oc2cc(CC(C)C)ccc12. The summed E-state index contributed by atoms with van der Waals surface area (Å²) in [6, 6.07) is 23.7. The minimum atomic E-state index is 0.00484. The van der Waals surface area contributed by atoms with Crippen LogP contribution in [-0.4, -0.2) is 4.98 Å². The predicted molar refractivity (Wildman–Crippen MR) is 154 cm³/mol. The molecule has 0 atom stereocenters. The van der Waals surface area contributed by atoms with Crippen molar-refractivity contribution in [1.82, 2.24) is 4.98 Å². The van der Waals surface area contributed by atoms with Crippen molar-refractivity contribution >= 4 is 32.7 Å². The maximum Gasteiger partial charge on any atom is 0.173 e. The topological polar surface area (TPSA) is 39.2 Å². The summed E-state index contributed by atoms with van der Waals surface area (Å²) in [5, 5.41) is 4.63. The second kappa shape index (κ2) is 8.62. The van der Waals surface area contributed by atoms with E-state index in [2.05, 4.69) is 102 Å². The Morgan fingerprint density at radius 3 is 2.41 bits per heavy atom. The number of furan rings is 2. The lowest BCUT2D eigenvalue weighted by molar-refractivity contribution is 0.566. The molecule has 3 nitrogen and oxygen atoms in total. The second-order valence-corrected chi connectivity index (χ2v) is 11.7. The number of rotatable bonds is 4. The molecule has 0 amide bonds. The fourth-order valence-electron chi connectivity index (χ4n) is 5.48. The molecule has 0 saturated heterocycles. The highest BCUT2D eigenvalue weighted by Gasteiger charge is 2.22. The van der Waals surface area contributed by atoms with Crippen LogP contribution >= 0.6 is 0 Å². The van der Waals surface area contributed by atoms with Gasteiger partial charge in [0.2, 0.25) is 0 Å². The van der Waals surface area contributed by atoms with Crippen LogP contribution in [0.3, 0.4) is 0 Å². The minimum Gasteiger partial charge on any atom is -0.453 e. The molecule has 3 aromatic carbocycles. The summed E-state index contributed by atoms with van der Waals surface area (Å²) in [7, 11) is 0. The number of nitrogens with zero attached hydrogens (tertiary/aromatic N) is 1. The molecule has 37 heavy (non-hydrogen) atoms. The quantitative estimate of drug-likeness (QED) is 0.248. The van der Waals surface area contributed by atoms with Gasteiger partial charge in [-0.15, -0.1) is 0 Å². The summed E-state index contributed by atoms with van der Waals surface area (Å²) in [4.78, 5) is 4.83. The Bertz CT molecular complexity index is 1780. The summed E-state index contributed by atoms with van der Waals surface area (Å²) in [6.07, 6.45) is 2.87. The zero-order chi connectivity index (χ0) is 25.9. The van der Waals surface area contributed by atoms with Crippen LogP contribution in [0.5, 0.6) is 0 Å². The maximum absolute atomic E-state index is 6.39. The molecule has 3 aromatic heterocycles. The van der Waals surface area contributed by atoms with E-state index >= 15 is 0 Å². The van der Waals surface area contributed by atoms with Gasteiger partial charge in [-0.25, -0.2) is 0 Å². The number of fused-ring (bicyclic) bond motifs is 3. The molecule has 3 heteroatoms. The molecule has 0 fully saturated rings. The van der Waals surface area contributed by atoms with Crippen LogP contribution in [0.2, 0.25) is 0 Å². The molecule has 0 aliphatic heterocycles. The third kappa shape index (κ3) is 4.13. The van der Waals surface area contributed by atoms with E-state index < -0.39 is 0 Å². The van der Waals surface area contributed by atoms with Gasteiger partial charge in [0, 0.05) is 28.1 Å². The fraction of sp³-hybridized carbons (Fsp3) is 0.265. The van der Waals surface area contributed by atoms with E-state index in [1.165, 1.54) is 21.9 Å². The second-order valence-electron chi connectivity index (χ2n) is 11.7. The van der Waals surface area contributed by atoms with Gasteiger partial charge in [0.15, 0.2) is 11.5 Å². The Morgan fingerprint density at radius 2 is 1.62 bits per heavy atom. The van der Waals surface area contributed by atoms with E-state index in [9.17, 15) is 0 Å². The molecule has 0 aliphatic carbocycles. The van der Waals surface area contributed by atoms with E-state index in [1.54, 1.807) is 0 Å². The normalized spacial score (nSPS) is 12.4. The molecule has 186 valence electrons. The van der Waals surface area contributed by atoms with Gasteiger partial charge < -0.3 is 8.83 Å². The van der Waals surface area contributed by atoms with Crippen LogP contribution in [0.15, 0.2) is 81.8 Å². The summed E-state index contributed by atoms with van der Waals surface area (Å²) in [6.45, 7) is 13.4. The van der Waals surface area contributed by atoms with Crippen LogP contribution in [0.4, 0.5) is 0 Å². The van der Waals surface area contributed by atoms with Crippen LogP contribution in [0, 0.1) is 12.8 Å². The molecule has 0 spiro atoms. The Labute approximate surface area is 218 Å². The van der Waals surface area contributed by atoms with Crippen LogP contribution in [-0.2, 0) is 11.8 Å². The van der Waals surface area contributed by atoms with Gasteiger partial charge in [-0.2, -0.15) is 0 Å². The largest absolute Gasteiger partial charge is 0.453 e. The Morgan fingerprint density at radius 1 is 0.811 bits per heavy atom. The first kappa shape index (κ1) is 23.5. The lowest BCUT2D eigenvalue weighted by Crippen LogP contribution is -2.12. The summed E-state index contributed by atoms with van der Waals surface area (Å²) >= 11 is 0. The molecule has 6 aromatic rings. The Balaban J connectivity index is 1.51. The van der Waals surface area contributed by atoms with Crippen molar-refractivity contribution in [3.8, 4) is 22.8 Å². The van der Waals surface area contributed by atoms with Gasteiger partial charge in [-0.1, -0.05) is 71.0 Å². The highest BCUT2D eigenvalue weighted by molar-refractivity contribution is 5.99. The average molecular weight is 488 g/mol. The first-order valence-electron chi connectivity index (χ1n) is 13.1. The molecule has 6 rings (SSSR count). The van der Waals surface area contributed by atoms with Gasteiger partial charge >= 0.3 is 0 Å². The van der Waals surface area contributed by atoms with Crippen molar-refractivity contribution < 1.29 is 8.83 Å². The minimum absolute atomic E-state index is 0.00484. The molecule has 3 heterocycles. The van der Waals surface area contributed by atoms with E-state index in [1.807, 2.05) is 12.3 Å². The average Bonchev–Trinajstić information content (AvgIpc) is 3.43. The monoisotopic (exact) mass is 487 g/mol. The molecule has 0 radical (unpaired) electrons. The number of aryl methyl sites for hydroxylation is 1. The zero-order valence-electron chi connectivity index (χ0n) is 22.5. The van der Waals surface area contributed by atoms with Gasteiger partial charge in [0.1, 0.15) is 11.2 Å². The highest BCUT2D eigenvalue weighted by atomic mass is 16.4. The zero-order valence-corrected chi connectivity index (χ0v) is 22.5. The molecule has 0 saturated carbocycles. The third-order valence-corrected chi connectivity index (χ3v) is 7.26. The number of pyridine rings is 1. The van der Waals surface area contributed by atoms with E-state index in [4.69, 9.17) is 13.8 Å². The fourth-order valence-corrected chi connectivity index (χ4v) is 5.48. The number of hydrogen-bond acceptors (Lipinski definition) is 3. The van der Waals surface area contributed by atoms with Crippen molar-refractivity contribution in [3.63, 3.8) is 0 Å². The third-order valence-electron chi connectivity index (χ3n) is 7.26. The molecule has 0 unspecified atom stereocenters. The lowest BCUT2D eigenvalue weighted by atomic mass is 9.82. The predicted octanol–water partition coefficient (Wildman–Crippen LogP) is 9.87. The molecular weight excluding hydrogens is 454 g/mol. The van der Waals surface area contributed by atoms with Gasteiger partial charge in [-0.3, -0.25) is 4.98 Å². The molecule has 0 bridgehead atoms. The molecule has 0 aliphatic rings. The van der Waals surface area contributed by atoms with E-state index in [-0.39, 0.29) is 5.41 Å². The van der Waals surface area contributed by atoms with Crippen molar-refractivity contribution in [3.05, 3.63) is 89.6 Å². The van der Waals surface area contributed by atoms with Crippen LogP contribution in [0.25, 0.3) is 55.5 Å². The molecule has 0 N–H and O–H groups in total. The van der Waals surface area contributed by atoms with Crippen molar-refractivity contribution in [2.24, 2.45) is 5.92 Å². The maximum atomic E-state index is 6.39. The Hall–Kier alpha value is -3.85. The standard InChI is InChI=1S/C34H33NO2/c1-20(2)15-22-11-12-25-21(3)33(37-30(25)16-22)31-19-27-29(36-31)13-14-35-32(27)24-17-23-9-7-8-10-26(23)28(18-24)34(4,5)6/h7-14,16-20H,15H2,1-6H3. The first-order valence-corrected chi connectivity index (χ1v) is 13.1. The lowest BCUT2D eigenvalue weighted by Gasteiger charge is -2.22. The summed E-state index contributed by atoms with van der Waals surface area (Å²) in [5.41, 5.74) is 7.46. The first-order chi connectivity index (χ1) is 17.7. The Kier molecular flexibility index (Phi) is 5.49. The van der Waals surface area contributed by atoms with E-state index in [0.29, 0.717) is 5.92 Å². The van der Waals surface area contributed by atoms with Gasteiger partial charge in [0.05, 0.1) is 5.69 Å². The number of hydrogen-bond donors (Lipinski definition) is 0. The number of aromatic nitrogens is 1. The van der Waals surface area contributed by atoms with Crippen molar-refractivity contribution in [2.75, 3.05) is 0 Å². The summed E-state index contributed by atoms with van der Waals surface area (Å²) < 4.78 is 12.8. The molecular formula is C34H33NO2. The summed E-state index contributed by atoms with van der Waals surface area (Å²) in [5.74, 6) is 2.12. The van der Waals surface area contributed by atoms with Crippen LogP contribution < -0.4 is 0 Å². The smallest absolute Gasteiger partial charge is 0.173 e. The number of benzene rings is 3. The van der Waals surface area contributed by atoms with E-state index in [0.717, 1.165) is 56.7 Å². The van der Waals surface area contributed by atoms with Gasteiger partial charge in [-0.05, 0) is 76.9 Å². The van der Waals surface area contributed by atoms with Crippen LogP contribution in [0.1, 0.15) is 51.3 Å².